The molecule has 0 spiro atoms. The lowest BCUT2D eigenvalue weighted by molar-refractivity contribution is 0.0976. The molecule has 0 aliphatic heterocycles. The summed E-state index contributed by atoms with van der Waals surface area (Å²) in [7, 11) is 0. The van der Waals surface area contributed by atoms with Crippen LogP contribution in [0.4, 0.5) is 0 Å². The Morgan fingerprint density at radius 2 is 1.35 bits per heavy atom. The van der Waals surface area contributed by atoms with Crippen LogP contribution in [0.1, 0.15) is 94.3 Å². The summed E-state index contributed by atoms with van der Waals surface area (Å²) < 4.78 is 0. The lowest BCUT2D eigenvalue weighted by Gasteiger charge is -2.23. The van der Waals surface area contributed by atoms with Crippen molar-refractivity contribution in [1.82, 2.24) is 0 Å². The molecule has 34 heavy (non-hydrogen) atoms. The van der Waals surface area contributed by atoms with E-state index in [-0.39, 0.29) is 11.5 Å². The Labute approximate surface area is 239 Å². The topological polar surface area (TPSA) is 37.3 Å². The standard InChI is InChI=1S/C28H38Br4O2/c1-2-3-7-14-23(29)25(31)19-26(32)24(30)15-8-5-4-6-9-16-27(33)22-18-17-20-12-10-11-13-21(20)28(22)34/h10-13,17-18,23-26,34H,2-9,14-16,19H2,1H3/t23-,24+,25+,26-/m0/s1. The molecule has 190 valence electrons. The van der Waals surface area contributed by atoms with Gasteiger partial charge in [-0.3, -0.25) is 4.79 Å². The van der Waals surface area contributed by atoms with Gasteiger partial charge in [0.2, 0.25) is 0 Å². The van der Waals surface area contributed by atoms with Gasteiger partial charge in [0.25, 0.3) is 0 Å². The third-order valence-electron chi connectivity index (χ3n) is 6.40. The number of halogens is 4. The number of benzene rings is 2. The van der Waals surface area contributed by atoms with Gasteiger partial charge in [-0.2, -0.15) is 0 Å². The largest absolute Gasteiger partial charge is 0.507 e. The number of alkyl halides is 4. The van der Waals surface area contributed by atoms with Crippen molar-refractivity contribution >= 4 is 80.3 Å². The Bertz CT molecular complexity index is 873. The molecule has 0 fully saturated rings. The minimum absolute atomic E-state index is 0.0371. The Kier molecular flexibility index (Phi) is 14.9. The smallest absolute Gasteiger partial charge is 0.166 e. The van der Waals surface area contributed by atoms with E-state index < -0.39 is 0 Å². The molecule has 0 aliphatic carbocycles. The number of Topliss-reactive ketones (excluding diaryl/α,β-unsaturated/α-hetero) is 1. The molecule has 2 nitrogen and oxygen atoms in total. The molecule has 0 unspecified atom stereocenters. The summed E-state index contributed by atoms with van der Waals surface area (Å²) in [6, 6.07) is 11.3. The van der Waals surface area contributed by atoms with Crippen molar-refractivity contribution in [3.05, 3.63) is 42.0 Å². The van der Waals surface area contributed by atoms with Crippen molar-refractivity contribution < 1.29 is 9.90 Å². The molecule has 6 heteroatoms. The first-order chi connectivity index (χ1) is 16.3. The highest BCUT2D eigenvalue weighted by molar-refractivity contribution is 9.13. The Morgan fingerprint density at radius 3 is 2.03 bits per heavy atom. The van der Waals surface area contributed by atoms with E-state index >= 15 is 0 Å². The summed E-state index contributed by atoms with van der Waals surface area (Å²) in [5.74, 6) is 0.156. The summed E-state index contributed by atoms with van der Waals surface area (Å²) in [5, 5.41) is 12.2. The third kappa shape index (κ3) is 10.2. The molecule has 0 heterocycles. The van der Waals surface area contributed by atoms with E-state index in [9.17, 15) is 9.90 Å². The van der Waals surface area contributed by atoms with Gasteiger partial charge < -0.3 is 5.11 Å². The molecule has 2 aromatic carbocycles. The van der Waals surface area contributed by atoms with Crippen molar-refractivity contribution in [3.8, 4) is 5.75 Å². The molecule has 4 atom stereocenters. The van der Waals surface area contributed by atoms with Gasteiger partial charge in [-0.05, 0) is 37.1 Å². The van der Waals surface area contributed by atoms with E-state index in [0.29, 0.717) is 31.3 Å². The number of hydrogen-bond acceptors (Lipinski definition) is 2. The first kappa shape index (κ1) is 30.3. The molecule has 2 rings (SSSR count). The summed E-state index contributed by atoms with van der Waals surface area (Å²) in [6.45, 7) is 2.25. The van der Waals surface area contributed by atoms with Gasteiger partial charge in [0.1, 0.15) is 5.75 Å². The fourth-order valence-electron chi connectivity index (χ4n) is 4.23. The SMILES string of the molecule is CCCCC[C@H](Br)[C@H](Br)C[C@H](Br)[C@H](Br)CCCCCCCC(=O)c1ccc2ccccc2c1O. The zero-order chi connectivity index (χ0) is 24.9. The van der Waals surface area contributed by atoms with Gasteiger partial charge in [0.15, 0.2) is 5.78 Å². The Morgan fingerprint density at radius 1 is 0.765 bits per heavy atom. The number of hydrogen-bond donors (Lipinski definition) is 1. The van der Waals surface area contributed by atoms with Crippen LogP contribution in [-0.2, 0) is 0 Å². The summed E-state index contributed by atoms with van der Waals surface area (Å²) >= 11 is 15.5. The van der Waals surface area contributed by atoms with Gasteiger partial charge in [0, 0.05) is 31.1 Å². The van der Waals surface area contributed by atoms with Crippen LogP contribution in [0.25, 0.3) is 10.8 Å². The van der Waals surface area contributed by atoms with Crippen LogP contribution in [0, 0.1) is 0 Å². The van der Waals surface area contributed by atoms with Gasteiger partial charge in [0.05, 0.1) is 5.56 Å². The number of carbonyl (C=O) groups is 1. The van der Waals surface area contributed by atoms with E-state index in [4.69, 9.17) is 0 Å². The highest BCUT2D eigenvalue weighted by atomic mass is 79.9. The van der Waals surface area contributed by atoms with E-state index in [1.807, 2.05) is 30.3 Å². The zero-order valence-corrected chi connectivity index (χ0v) is 26.5. The highest BCUT2D eigenvalue weighted by Gasteiger charge is 2.23. The van der Waals surface area contributed by atoms with Crippen LogP contribution in [0.3, 0.4) is 0 Å². The quantitative estimate of drug-likeness (QED) is 0.100. The summed E-state index contributed by atoms with van der Waals surface area (Å²) in [5.41, 5.74) is 0.449. The molecule has 2 aromatic rings. The van der Waals surface area contributed by atoms with E-state index in [0.717, 1.165) is 42.9 Å². The van der Waals surface area contributed by atoms with Crippen molar-refractivity contribution in [3.63, 3.8) is 0 Å². The molecule has 0 amide bonds. The predicted octanol–water partition coefficient (Wildman–Crippen LogP) is 10.5. The maximum atomic E-state index is 12.6. The second kappa shape index (κ2) is 16.8. The fourth-order valence-corrected chi connectivity index (χ4v) is 7.15. The second-order valence-corrected chi connectivity index (χ2v) is 13.9. The van der Waals surface area contributed by atoms with Crippen molar-refractivity contribution in [2.24, 2.45) is 0 Å². The molecule has 0 aliphatic rings. The Balaban J connectivity index is 1.60. The van der Waals surface area contributed by atoms with Crippen LogP contribution in [0.5, 0.6) is 5.75 Å². The lowest BCUT2D eigenvalue weighted by atomic mass is 9.99. The van der Waals surface area contributed by atoms with Gasteiger partial charge in [-0.25, -0.2) is 0 Å². The van der Waals surface area contributed by atoms with E-state index in [1.165, 1.54) is 38.5 Å². The fraction of sp³-hybridized carbons (Fsp3) is 0.607. The molecule has 0 saturated heterocycles. The van der Waals surface area contributed by atoms with Crippen LogP contribution in [0.15, 0.2) is 36.4 Å². The molecule has 0 aromatic heterocycles. The summed E-state index contributed by atoms with van der Waals surface area (Å²) in [4.78, 5) is 14.5. The minimum atomic E-state index is 0.0371. The molecule has 0 bridgehead atoms. The van der Waals surface area contributed by atoms with Crippen LogP contribution < -0.4 is 0 Å². The summed E-state index contributed by atoms with van der Waals surface area (Å²) in [6.07, 6.45) is 13.3. The second-order valence-electron chi connectivity index (χ2n) is 9.21. The minimum Gasteiger partial charge on any atom is -0.507 e. The van der Waals surface area contributed by atoms with Gasteiger partial charge in [-0.1, -0.05) is 146 Å². The van der Waals surface area contributed by atoms with Crippen molar-refractivity contribution in [2.75, 3.05) is 0 Å². The van der Waals surface area contributed by atoms with Crippen LogP contribution in [0.2, 0.25) is 0 Å². The lowest BCUT2D eigenvalue weighted by Crippen LogP contribution is -2.23. The average molecular weight is 726 g/mol. The first-order valence-corrected chi connectivity index (χ1v) is 16.3. The number of carbonyl (C=O) groups excluding carboxylic acids is 1. The number of phenols is 1. The molecule has 0 saturated carbocycles. The molecular formula is C28H38Br4O2. The average Bonchev–Trinajstić information content (AvgIpc) is 2.83. The van der Waals surface area contributed by atoms with Crippen LogP contribution in [-0.4, -0.2) is 30.2 Å². The molecular weight excluding hydrogens is 688 g/mol. The molecule has 0 radical (unpaired) electrons. The number of phenolic OH excluding ortho intramolecular Hbond substituents is 1. The first-order valence-electron chi connectivity index (χ1n) is 12.6. The van der Waals surface area contributed by atoms with E-state index in [2.05, 4.69) is 70.6 Å². The molecule has 1 N–H and O–H groups in total. The number of aromatic hydroxyl groups is 1. The van der Waals surface area contributed by atoms with Gasteiger partial charge in [-0.15, -0.1) is 0 Å². The highest BCUT2D eigenvalue weighted by Crippen LogP contribution is 2.32. The van der Waals surface area contributed by atoms with Gasteiger partial charge >= 0.3 is 0 Å². The Hall–Kier alpha value is 0.0900. The third-order valence-corrected chi connectivity index (χ3v) is 12.0. The zero-order valence-electron chi connectivity index (χ0n) is 20.1. The number of ketones is 1. The van der Waals surface area contributed by atoms with E-state index in [1.54, 1.807) is 6.07 Å². The number of fused-ring (bicyclic) bond motifs is 1. The van der Waals surface area contributed by atoms with Crippen molar-refractivity contribution in [2.45, 2.75) is 103 Å². The van der Waals surface area contributed by atoms with Crippen molar-refractivity contribution in [1.29, 1.82) is 0 Å². The maximum Gasteiger partial charge on any atom is 0.166 e. The maximum absolute atomic E-state index is 12.6. The number of unbranched alkanes of at least 4 members (excludes halogenated alkanes) is 6. The monoisotopic (exact) mass is 722 g/mol. The number of rotatable bonds is 17. The normalized spacial score (nSPS) is 15.2. The van der Waals surface area contributed by atoms with Crippen LogP contribution >= 0.6 is 63.7 Å². The predicted molar refractivity (Wildman–Crippen MR) is 162 cm³/mol.